The van der Waals surface area contributed by atoms with E-state index in [-0.39, 0.29) is 12.1 Å². The maximum absolute atomic E-state index is 12.3. The molecule has 124 valence electrons. The number of rotatable bonds is 3. The number of fused-ring (bicyclic) bond motifs is 1. The number of aromatic nitrogens is 1. The number of ether oxygens (including phenoxy) is 1. The molecule has 0 saturated carbocycles. The third-order valence-corrected chi connectivity index (χ3v) is 3.79. The van der Waals surface area contributed by atoms with E-state index in [9.17, 15) is 4.79 Å². The van der Waals surface area contributed by atoms with Crippen LogP contribution in [0.15, 0.2) is 28.7 Å². The van der Waals surface area contributed by atoms with Crippen LogP contribution in [0.5, 0.6) is 0 Å². The molecule has 0 aliphatic carbocycles. The van der Waals surface area contributed by atoms with Gasteiger partial charge in [-0.3, -0.25) is 0 Å². The molecule has 2 aromatic rings. The van der Waals surface area contributed by atoms with E-state index in [0.717, 1.165) is 30.5 Å². The minimum atomic E-state index is -0.474. The molecule has 0 spiro atoms. The molecule has 1 aliphatic heterocycles. The summed E-state index contributed by atoms with van der Waals surface area (Å²) in [6.07, 6.45) is 1.69. The van der Waals surface area contributed by atoms with E-state index in [2.05, 4.69) is 10.3 Å². The molecule has 1 aliphatic rings. The third-order valence-electron chi connectivity index (χ3n) is 3.79. The third kappa shape index (κ3) is 3.75. The molecule has 1 atom stereocenters. The summed E-state index contributed by atoms with van der Waals surface area (Å²) in [7, 11) is 0. The van der Waals surface area contributed by atoms with Crippen molar-refractivity contribution in [1.29, 1.82) is 0 Å². The van der Waals surface area contributed by atoms with Gasteiger partial charge in [-0.1, -0.05) is 12.1 Å². The Bertz CT molecular complexity index is 657. The van der Waals surface area contributed by atoms with Crippen molar-refractivity contribution in [2.45, 2.75) is 45.3 Å². The molecule has 1 aromatic heterocycles. The zero-order chi connectivity index (χ0) is 16.4. The van der Waals surface area contributed by atoms with Crippen LogP contribution in [0.25, 0.3) is 11.1 Å². The predicted molar refractivity (Wildman–Crippen MR) is 88.5 cm³/mol. The number of carbonyl (C=O) groups excluding carboxylic acids is 1. The highest BCUT2D eigenvalue weighted by atomic mass is 16.6. The molecular weight excluding hydrogens is 294 g/mol. The van der Waals surface area contributed by atoms with E-state index in [4.69, 9.17) is 9.15 Å². The van der Waals surface area contributed by atoms with E-state index >= 15 is 0 Å². The maximum Gasteiger partial charge on any atom is 0.410 e. The van der Waals surface area contributed by atoms with Gasteiger partial charge in [-0.05, 0) is 45.7 Å². The number of anilines is 1. The van der Waals surface area contributed by atoms with Crippen LogP contribution in [0.2, 0.25) is 0 Å². The first-order valence-corrected chi connectivity index (χ1v) is 8.01. The lowest BCUT2D eigenvalue weighted by Gasteiger charge is -2.28. The first-order valence-electron chi connectivity index (χ1n) is 8.01. The van der Waals surface area contributed by atoms with Crippen LogP contribution in [0.1, 0.15) is 33.6 Å². The lowest BCUT2D eigenvalue weighted by Crippen LogP contribution is -2.42. The maximum atomic E-state index is 12.3. The van der Waals surface area contributed by atoms with Crippen LogP contribution < -0.4 is 5.32 Å². The molecule has 3 rings (SSSR count). The average molecular weight is 317 g/mol. The van der Waals surface area contributed by atoms with Crippen LogP contribution in [-0.2, 0) is 4.74 Å². The molecule has 6 heteroatoms. The molecule has 2 heterocycles. The van der Waals surface area contributed by atoms with Crippen LogP contribution in [0.4, 0.5) is 10.8 Å². The number of nitrogens with one attached hydrogen (secondary N) is 1. The van der Waals surface area contributed by atoms with E-state index in [1.807, 2.05) is 45.0 Å². The summed E-state index contributed by atoms with van der Waals surface area (Å²) < 4.78 is 11.1. The van der Waals surface area contributed by atoms with Crippen molar-refractivity contribution in [3.05, 3.63) is 24.3 Å². The Morgan fingerprint density at radius 2 is 2.22 bits per heavy atom. The first-order chi connectivity index (χ1) is 10.9. The second-order valence-electron chi connectivity index (χ2n) is 6.84. The van der Waals surface area contributed by atoms with E-state index in [0.29, 0.717) is 12.6 Å². The summed E-state index contributed by atoms with van der Waals surface area (Å²) in [6, 6.07) is 8.22. The molecule has 23 heavy (non-hydrogen) atoms. The van der Waals surface area contributed by atoms with Crippen molar-refractivity contribution in [3.63, 3.8) is 0 Å². The second-order valence-corrected chi connectivity index (χ2v) is 6.84. The normalized spacial score (nSPS) is 18.4. The van der Waals surface area contributed by atoms with Crippen molar-refractivity contribution in [2.75, 3.05) is 18.4 Å². The summed E-state index contributed by atoms with van der Waals surface area (Å²) >= 11 is 0. The molecule has 1 fully saturated rings. The first kappa shape index (κ1) is 15.6. The largest absolute Gasteiger partial charge is 0.444 e. The van der Waals surface area contributed by atoms with Gasteiger partial charge < -0.3 is 19.4 Å². The Balaban J connectivity index is 1.61. The van der Waals surface area contributed by atoms with Crippen LogP contribution in [-0.4, -0.2) is 40.7 Å². The number of amides is 1. The number of para-hydroxylation sites is 2. The second kappa shape index (κ2) is 6.10. The molecule has 1 N–H and O–H groups in total. The Kier molecular flexibility index (Phi) is 4.15. The fourth-order valence-corrected chi connectivity index (χ4v) is 2.76. The molecule has 6 nitrogen and oxygen atoms in total. The summed E-state index contributed by atoms with van der Waals surface area (Å²) in [6.45, 7) is 6.98. The van der Waals surface area contributed by atoms with Crippen molar-refractivity contribution >= 4 is 23.2 Å². The van der Waals surface area contributed by atoms with Gasteiger partial charge in [0.05, 0.1) is 6.04 Å². The van der Waals surface area contributed by atoms with Gasteiger partial charge in [0.1, 0.15) is 11.1 Å². The Labute approximate surface area is 135 Å². The lowest BCUT2D eigenvalue weighted by atomic mass is 10.2. The SMILES string of the molecule is CC(C)(C)OC(=O)N1CCC[C@@H]1CNc1nc2ccccc2o1. The van der Waals surface area contributed by atoms with Gasteiger partial charge in [0.15, 0.2) is 5.58 Å². The smallest absolute Gasteiger partial charge is 0.410 e. The molecule has 0 bridgehead atoms. The van der Waals surface area contributed by atoms with E-state index < -0.39 is 5.60 Å². The fourth-order valence-electron chi connectivity index (χ4n) is 2.76. The highest BCUT2D eigenvalue weighted by Gasteiger charge is 2.32. The zero-order valence-corrected chi connectivity index (χ0v) is 13.8. The Morgan fingerprint density at radius 3 is 2.96 bits per heavy atom. The summed E-state index contributed by atoms with van der Waals surface area (Å²) in [5.74, 6) is 0. The van der Waals surface area contributed by atoms with Crippen molar-refractivity contribution in [2.24, 2.45) is 0 Å². The van der Waals surface area contributed by atoms with Gasteiger partial charge in [0.2, 0.25) is 0 Å². The summed E-state index contributed by atoms with van der Waals surface area (Å²) in [5.41, 5.74) is 1.11. The van der Waals surface area contributed by atoms with Crippen molar-refractivity contribution < 1.29 is 13.9 Å². The van der Waals surface area contributed by atoms with Crippen LogP contribution in [0, 0.1) is 0 Å². The number of hydrogen-bond donors (Lipinski definition) is 1. The van der Waals surface area contributed by atoms with E-state index in [1.165, 1.54) is 0 Å². The topological polar surface area (TPSA) is 67.6 Å². The summed E-state index contributed by atoms with van der Waals surface area (Å²) in [4.78, 5) is 18.4. The minimum absolute atomic E-state index is 0.0971. The average Bonchev–Trinajstić information content (AvgIpc) is 3.09. The van der Waals surface area contributed by atoms with Crippen molar-refractivity contribution in [3.8, 4) is 0 Å². The Morgan fingerprint density at radius 1 is 1.43 bits per heavy atom. The molecule has 0 unspecified atom stereocenters. The monoisotopic (exact) mass is 317 g/mol. The molecule has 1 saturated heterocycles. The highest BCUT2D eigenvalue weighted by molar-refractivity contribution is 5.74. The van der Waals surface area contributed by atoms with Gasteiger partial charge in [-0.25, -0.2) is 4.79 Å². The van der Waals surface area contributed by atoms with Crippen LogP contribution >= 0.6 is 0 Å². The number of oxazole rings is 1. The fraction of sp³-hybridized carbons (Fsp3) is 0.529. The minimum Gasteiger partial charge on any atom is -0.444 e. The standard InChI is InChI=1S/C17H23N3O3/c1-17(2,3)23-16(21)20-10-6-7-12(20)11-18-15-19-13-8-4-5-9-14(13)22-15/h4-5,8-9,12H,6-7,10-11H2,1-3H3,(H,18,19)/t12-/m1/s1. The molecule has 0 radical (unpaired) electrons. The van der Waals surface area contributed by atoms with Crippen LogP contribution in [0.3, 0.4) is 0 Å². The number of carbonyl (C=O) groups is 1. The number of hydrogen-bond acceptors (Lipinski definition) is 5. The van der Waals surface area contributed by atoms with Crippen molar-refractivity contribution in [1.82, 2.24) is 9.88 Å². The van der Waals surface area contributed by atoms with Gasteiger partial charge in [-0.15, -0.1) is 0 Å². The van der Waals surface area contributed by atoms with Gasteiger partial charge in [-0.2, -0.15) is 4.98 Å². The zero-order valence-electron chi connectivity index (χ0n) is 13.8. The number of likely N-dealkylation sites (tertiary alicyclic amines) is 1. The number of benzene rings is 1. The van der Waals surface area contributed by atoms with E-state index in [1.54, 1.807) is 4.90 Å². The Hall–Kier alpha value is -2.24. The van der Waals surface area contributed by atoms with Gasteiger partial charge in [0, 0.05) is 13.1 Å². The summed E-state index contributed by atoms with van der Waals surface area (Å²) in [5, 5.41) is 3.20. The molecule has 1 amide bonds. The predicted octanol–water partition coefficient (Wildman–Crippen LogP) is 3.64. The van der Waals surface area contributed by atoms with Gasteiger partial charge >= 0.3 is 6.09 Å². The highest BCUT2D eigenvalue weighted by Crippen LogP contribution is 2.22. The molecule has 1 aromatic carbocycles. The molecular formula is C17H23N3O3. The quantitative estimate of drug-likeness (QED) is 0.936. The lowest BCUT2D eigenvalue weighted by molar-refractivity contribution is 0.0234. The van der Waals surface area contributed by atoms with Gasteiger partial charge in [0.25, 0.3) is 6.01 Å². The number of nitrogens with zero attached hydrogens (tertiary/aromatic N) is 2.